The molecule has 2 aromatic heterocycles. The molecule has 0 saturated carbocycles. The Bertz CT molecular complexity index is 522. The number of halogens is 1. The van der Waals surface area contributed by atoms with E-state index in [0.717, 1.165) is 28.8 Å². The Kier molecular flexibility index (Phi) is 5.30. The molecular weight excluding hydrogens is 282 g/mol. The Morgan fingerprint density at radius 1 is 1.37 bits per heavy atom. The summed E-state index contributed by atoms with van der Waals surface area (Å²) in [7, 11) is 1.76. The van der Waals surface area contributed by atoms with Gasteiger partial charge in [-0.3, -0.25) is 4.99 Å². The number of guanidine groups is 1. The molecule has 19 heavy (non-hydrogen) atoms. The van der Waals surface area contributed by atoms with E-state index in [2.05, 4.69) is 21.7 Å². The van der Waals surface area contributed by atoms with Crippen molar-refractivity contribution in [2.24, 2.45) is 4.99 Å². The fourth-order valence-corrected chi connectivity index (χ4v) is 2.68. The molecule has 0 radical (unpaired) electrons. The Balaban J connectivity index is 1.71. The molecule has 4 nitrogen and oxygen atoms in total. The molecular formula is C13H16ClN3OS. The molecule has 0 bridgehead atoms. The first kappa shape index (κ1) is 14.0. The number of furan rings is 1. The second-order valence-electron chi connectivity index (χ2n) is 3.94. The van der Waals surface area contributed by atoms with E-state index in [9.17, 15) is 0 Å². The largest absolute Gasteiger partial charge is 0.472 e. The first-order chi connectivity index (χ1) is 9.28. The summed E-state index contributed by atoms with van der Waals surface area (Å²) in [5, 5.41) is 6.48. The van der Waals surface area contributed by atoms with Crippen molar-refractivity contribution in [1.29, 1.82) is 0 Å². The van der Waals surface area contributed by atoms with Crippen molar-refractivity contribution in [3.8, 4) is 0 Å². The van der Waals surface area contributed by atoms with Gasteiger partial charge < -0.3 is 15.1 Å². The van der Waals surface area contributed by atoms with Gasteiger partial charge in [0.1, 0.15) is 0 Å². The van der Waals surface area contributed by atoms with E-state index in [-0.39, 0.29) is 0 Å². The molecule has 0 aliphatic heterocycles. The number of rotatable bonds is 5. The predicted octanol–water partition coefficient (Wildman–Crippen LogP) is 2.90. The standard InChI is InChI=1S/C13H16ClN3OS/c1-15-13(17-8-10-5-7-18-9-10)16-6-4-11-2-3-12(14)19-11/h2-3,5,7,9H,4,6,8H2,1H3,(H2,15,16,17). The highest BCUT2D eigenvalue weighted by Crippen LogP contribution is 2.21. The number of hydrogen-bond acceptors (Lipinski definition) is 3. The van der Waals surface area contributed by atoms with Crippen LogP contribution in [-0.4, -0.2) is 19.6 Å². The molecule has 0 fully saturated rings. The van der Waals surface area contributed by atoms with E-state index in [1.165, 1.54) is 4.88 Å². The lowest BCUT2D eigenvalue weighted by atomic mass is 10.3. The highest BCUT2D eigenvalue weighted by molar-refractivity contribution is 7.16. The molecule has 0 spiro atoms. The number of hydrogen-bond donors (Lipinski definition) is 2. The highest BCUT2D eigenvalue weighted by atomic mass is 35.5. The summed E-state index contributed by atoms with van der Waals surface area (Å²) < 4.78 is 5.84. The maximum Gasteiger partial charge on any atom is 0.191 e. The minimum absolute atomic E-state index is 0.695. The monoisotopic (exact) mass is 297 g/mol. The first-order valence-corrected chi connectivity index (χ1v) is 7.17. The van der Waals surface area contributed by atoms with Crippen LogP contribution in [0.5, 0.6) is 0 Å². The van der Waals surface area contributed by atoms with Gasteiger partial charge in [0.05, 0.1) is 16.9 Å². The van der Waals surface area contributed by atoms with Crippen LogP contribution in [-0.2, 0) is 13.0 Å². The van der Waals surface area contributed by atoms with Crippen LogP contribution in [0.25, 0.3) is 0 Å². The summed E-state index contributed by atoms with van der Waals surface area (Å²) in [5.41, 5.74) is 1.09. The van der Waals surface area contributed by atoms with Gasteiger partial charge in [-0.15, -0.1) is 11.3 Å². The van der Waals surface area contributed by atoms with E-state index >= 15 is 0 Å². The van der Waals surface area contributed by atoms with Crippen molar-refractivity contribution in [2.45, 2.75) is 13.0 Å². The van der Waals surface area contributed by atoms with Gasteiger partial charge in [0.25, 0.3) is 0 Å². The van der Waals surface area contributed by atoms with Gasteiger partial charge in [0.15, 0.2) is 5.96 Å². The Hall–Kier alpha value is -1.46. The van der Waals surface area contributed by atoms with Crippen LogP contribution in [0.15, 0.2) is 40.1 Å². The lowest BCUT2D eigenvalue weighted by molar-refractivity contribution is 0.563. The summed E-state index contributed by atoms with van der Waals surface area (Å²) in [6, 6.07) is 5.90. The Morgan fingerprint density at radius 2 is 2.26 bits per heavy atom. The predicted molar refractivity (Wildman–Crippen MR) is 79.9 cm³/mol. The van der Waals surface area contributed by atoms with E-state index in [4.69, 9.17) is 16.0 Å². The summed E-state index contributed by atoms with van der Waals surface area (Å²) >= 11 is 7.50. The first-order valence-electron chi connectivity index (χ1n) is 5.98. The van der Waals surface area contributed by atoms with Crippen molar-refractivity contribution in [1.82, 2.24) is 10.6 Å². The molecule has 0 saturated heterocycles. The van der Waals surface area contributed by atoms with E-state index in [1.807, 2.05) is 12.1 Å². The molecule has 0 unspecified atom stereocenters. The number of aliphatic imine (C=N–C) groups is 1. The molecule has 0 amide bonds. The fourth-order valence-electron chi connectivity index (χ4n) is 1.59. The van der Waals surface area contributed by atoms with E-state index < -0.39 is 0 Å². The molecule has 102 valence electrons. The van der Waals surface area contributed by atoms with Crippen molar-refractivity contribution in [2.75, 3.05) is 13.6 Å². The Morgan fingerprint density at radius 3 is 2.89 bits per heavy atom. The van der Waals surface area contributed by atoms with Crippen molar-refractivity contribution in [3.63, 3.8) is 0 Å². The average Bonchev–Trinajstić information content (AvgIpc) is 3.05. The number of nitrogens with one attached hydrogen (secondary N) is 2. The quantitative estimate of drug-likeness (QED) is 0.659. The van der Waals surface area contributed by atoms with Crippen LogP contribution >= 0.6 is 22.9 Å². The van der Waals surface area contributed by atoms with Crippen molar-refractivity contribution in [3.05, 3.63) is 45.5 Å². The number of nitrogens with zero attached hydrogens (tertiary/aromatic N) is 1. The molecule has 0 atom stereocenters. The second-order valence-corrected chi connectivity index (χ2v) is 5.74. The van der Waals surface area contributed by atoms with Crippen LogP contribution < -0.4 is 10.6 Å². The van der Waals surface area contributed by atoms with Crippen molar-refractivity contribution >= 4 is 28.9 Å². The minimum Gasteiger partial charge on any atom is -0.472 e. The fraction of sp³-hybridized carbons (Fsp3) is 0.308. The molecule has 0 aliphatic rings. The van der Waals surface area contributed by atoms with Gasteiger partial charge in [0, 0.05) is 30.6 Å². The van der Waals surface area contributed by atoms with Crippen LogP contribution in [0, 0.1) is 0 Å². The molecule has 0 aliphatic carbocycles. The minimum atomic E-state index is 0.695. The zero-order valence-electron chi connectivity index (χ0n) is 10.6. The molecule has 2 N–H and O–H groups in total. The lowest BCUT2D eigenvalue weighted by Gasteiger charge is -2.10. The zero-order valence-corrected chi connectivity index (χ0v) is 12.2. The Labute approximate surface area is 121 Å². The van der Waals surface area contributed by atoms with Crippen molar-refractivity contribution < 1.29 is 4.42 Å². The van der Waals surface area contributed by atoms with Gasteiger partial charge in [-0.1, -0.05) is 11.6 Å². The summed E-state index contributed by atoms with van der Waals surface area (Å²) in [6.45, 7) is 1.52. The van der Waals surface area contributed by atoms with Gasteiger partial charge in [-0.05, 0) is 24.6 Å². The number of thiophene rings is 1. The average molecular weight is 298 g/mol. The molecule has 2 rings (SSSR count). The highest BCUT2D eigenvalue weighted by Gasteiger charge is 2.01. The smallest absolute Gasteiger partial charge is 0.191 e. The van der Waals surface area contributed by atoms with E-state index in [0.29, 0.717) is 6.54 Å². The van der Waals surface area contributed by atoms with Crippen LogP contribution in [0.2, 0.25) is 4.34 Å². The third kappa shape index (κ3) is 4.61. The maximum absolute atomic E-state index is 5.89. The third-order valence-corrected chi connectivity index (χ3v) is 3.85. The zero-order chi connectivity index (χ0) is 13.5. The SMILES string of the molecule is CN=C(NCCc1ccc(Cl)s1)NCc1ccoc1. The molecule has 6 heteroatoms. The maximum atomic E-state index is 5.89. The van der Waals surface area contributed by atoms with Crippen LogP contribution in [0.3, 0.4) is 0 Å². The molecule has 2 aromatic rings. The normalized spacial score (nSPS) is 11.6. The summed E-state index contributed by atoms with van der Waals surface area (Å²) in [5.74, 6) is 0.781. The van der Waals surface area contributed by atoms with Gasteiger partial charge >= 0.3 is 0 Å². The van der Waals surface area contributed by atoms with E-state index in [1.54, 1.807) is 30.9 Å². The second kappa shape index (κ2) is 7.21. The van der Waals surface area contributed by atoms with Gasteiger partial charge in [-0.25, -0.2) is 0 Å². The molecule has 0 aromatic carbocycles. The van der Waals surface area contributed by atoms with Gasteiger partial charge in [-0.2, -0.15) is 0 Å². The molecule has 2 heterocycles. The summed E-state index contributed by atoms with van der Waals surface area (Å²) in [6.07, 6.45) is 4.31. The van der Waals surface area contributed by atoms with Gasteiger partial charge in [0.2, 0.25) is 0 Å². The third-order valence-electron chi connectivity index (χ3n) is 2.56. The van der Waals surface area contributed by atoms with Crippen LogP contribution in [0.1, 0.15) is 10.4 Å². The summed E-state index contributed by atoms with van der Waals surface area (Å²) in [4.78, 5) is 5.43. The lowest BCUT2D eigenvalue weighted by Crippen LogP contribution is -2.37. The van der Waals surface area contributed by atoms with Crippen LogP contribution in [0.4, 0.5) is 0 Å². The topological polar surface area (TPSA) is 49.6 Å².